The molecule has 47 heavy (non-hydrogen) atoms. The first kappa shape index (κ1) is 37.9. The van der Waals surface area contributed by atoms with Gasteiger partial charge in [0.05, 0.1) is 30.8 Å². The Morgan fingerprint density at radius 1 is 1.00 bits per heavy atom. The van der Waals surface area contributed by atoms with Gasteiger partial charge in [0.15, 0.2) is 0 Å². The van der Waals surface area contributed by atoms with Crippen LogP contribution in [0.5, 0.6) is 0 Å². The zero-order valence-electron chi connectivity index (χ0n) is 28.0. The number of alkyl carbamates (subject to hydrolysis) is 1. The molecule has 5 N–H and O–H groups in total. The molecule has 0 radical (unpaired) electrons. The zero-order valence-corrected chi connectivity index (χ0v) is 28.8. The van der Waals surface area contributed by atoms with Crippen LogP contribution in [0.2, 0.25) is 0 Å². The van der Waals surface area contributed by atoms with Gasteiger partial charge in [-0.3, -0.25) is 14.4 Å². The highest BCUT2D eigenvalue weighted by Crippen LogP contribution is 2.28. The number of imidazole rings is 1. The first-order valence-corrected chi connectivity index (χ1v) is 17.6. The average Bonchev–Trinajstić information content (AvgIpc) is 3.53. The maximum absolute atomic E-state index is 14.0. The molecule has 1 aliphatic carbocycles. The summed E-state index contributed by atoms with van der Waals surface area (Å²) in [5, 5.41) is 19.8. The lowest BCUT2D eigenvalue weighted by Gasteiger charge is -2.31. The molecule has 0 aliphatic heterocycles. The van der Waals surface area contributed by atoms with Gasteiger partial charge in [-0.2, -0.15) is 0 Å². The van der Waals surface area contributed by atoms with Crippen LogP contribution in [0.25, 0.3) is 0 Å². The summed E-state index contributed by atoms with van der Waals surface area (Å²) in [5.74, 6) is -0.723. The number of aliphatic hydroxyl groups is 1. The molecule has 3 rings (SSSR count). The molecule has 0 unspecified atom stereocenters. The van der Waals surface area contributed by atoms with Gasteiger partial charge in [-0.1, -0.05) is 62.4 Å². The molecule has 4 atom stereocenters. The molecule has 0 spiro atoms. The van der Waals surface area contributed by atoms with Gasteiger partial charge in [-0.05, 0) is 45.6 Å². The molecule has 3 amide bonds. The van der Waals surface area contributed by atoms with E-state index in [0.717, 1.165) is 31.2 Å². The first-order chi connectivity index (χ1) is 22.4. The quantitative estimate of drug-likeness (QED) is 0.157. The van der Waals surface area contributed by atoms with Crippen molar-refractivity contribution < 1.29 is 33.8 Å². The number of esters is 1. The second kappa shape index (κ2) is 19.3. The van der Waals surface area contributed by atoms with Crippen molar-refractivity contribution in [3.63, 3.8) is 0 Å². The van der Waals surface area contributed by atoms with E-state index in [1.165, 1.54) is 24.5 Å². The molecule has 2 aromatic rings. The zero-order chi connectivity index (χ0) is 34.2. The second-order valence-electron chi connectivity index (χ2n) is 13.0. The summed E-state index contributed by atoms with van der Waals surface area (Å²) < 4.78 is 10.4. The second-order valence-corrected chi connectivity index (χ2v) is 14.0. The summed E-state index contributed by atoms with van der Waals surface area (Å²) in [4.78, 5) is 59.4. The topological polar surface area (TPSA) is 172 Å². The maximum atomic E-state index is 14.0. The first-order valence-electron chi connectivity index (χ1n) is 16.5. The Hall–Kier alpha value is -3.58. The lowest BCUT2D eigenvalue weighted by atomic mass is 9.83. The van der Waals surface area contributed by atoms with Crippen molar-refractivity contribution in [2.75, 3.05) is 18.1 Å². The van der Waals surface area contributed by atoms with Gasteiger partial charge in [0.25, 0.3) is 0 Å². The van der Waals surface area contributed by atoms with Crippen molar-refractivity contribution in [3.8, 4) is 0 Å². The summed E-state index contributed by atoms with van der Waals surface area (Å²) in [6.45, 7) is 7.22. The predicted molar refractivity (Wildman–Crippen MR) is 181 cm³/mol. The Balaban J connectivity index is 1.79. The van der Waals surface area contributed by atoms with Crippen LogP contribution in [-0.4, -0.2) is 86.9 Å². The largest absolute Gasteiger partial charge is 0.465 e. The van der Waals surface area contributed by atoms with Gasteiger partial charge in [0.1, 0.15) is 17.7 Å². The minimum absolute atomic E-state index is 0.0982. The Morgan fingerprint density at radius 3 is 2.32 bits per heavy atom. The van der Waals surface area contributed by atoms with Gasteiger partial charge >= 0.3 is 12.1 Å². The van der Waals surface area contributed by atoms with E-state index in [4.69, 9.17) is 9.47 Å². The van der Waals surface area contributed by atoms with Crippen molar-refractivity contribution in [2.24, 2.45) is 5.92 Å². The highest BCUT2D eigenvalue weighted by atomic mass is 32.2. The SMILES string of the molecule is CCOC(=O)CSC[C@H](O)[C@H](CC1CCCCC1)NC(=O)[C@H](Cc1cnc[nH]1)NC(=O)[C@H](Cc1ccccc1)NC(=O)OC(C)(C)C. The van der Waals surface area contributed by atoms with Crippen LogP contribution in [0.1, 0.15) is 77.5 Å². The molecule has 12 nitrogen and oxygen atoms in total. The third-order valence-electron chi connectivity index (χ3n) is 7.82. The highest BCUT2D eigenvalue weighted by molar-refractivity contribution is 7.99. The van der Waals surface area contributed by atoms with Crippen molar-refractivity contribution >= 4 is 35.6 Å². The monoisotopic (exact) mass is 673 g/mol. The van der Waals surface area contributed by atoms with Crippen molar-refractivity contribution in [2.45, 2.75) is 109 Å². The molecular formula is C34H51N5O7S. The smallest absolute Gasteiger partial charge is 0.408 e. The van der Waals surface area contributed by atoms with Crippen LogP contribution in [0, 0.1) is 5.92 Å². The molecule has 260 valence electrons. The van der Waals surface area contributed by atoms with Crippen LogP contribution >= 0.6 is 11.8 Å². The average molecular weight is 674 g/mol. The van der Waals surface area contributed by atoms with Crippen LogP contribution in [0.3, 0.4) is 0 Å². The normalized spacial score (nSPS) is 16.3. The Kier molecular flexibility index (Phi) is 15.5. The molecule has 1 saturated carbocycles. The lowest BCUT2D eigenvalue weighted by Crippen LogP contribution is -2.58. The summed E-state index contributed by atoms with van der Waals surface area (Å²) in [6, 6.07) is 6.57. The van der Waals surface area contributed by atoms with Gasteiger partial charge < -0.3 is 35.5 Å². The van der Waals surface area contributed by atoms with E-state index in [-0.39, 0.29) is 36.9 Å². The van der Waals surface area contributed by atoms with E-state index in [2.05, 4.69) is 25.9 Å². The van der Waals surface area contributed by atoms with Gasteiger partial charge in [0.2, 0.25) is 11.8 Å². The number of rotatable bonds is 17. The third-order valence-corrected chi connectivity index (χ3v) is 8.84. The minimum Gasteiger partial charge on any atom is -0.465 e. The van der Waals surface area contributed by atoms with Gasteiger partial charge in [0, 0.05) is 30.5 Å². The van der Waals surface area contributed by atoms with E-state index in [1.54, 1.807) is 33.9 Å². The van der Waals surface area contributed by atoms with Crippen molar-refractivity contribution in [1.82, 2.24) is 25.9 Å². The number of aromatic nitrogens is 2. The number of nitrogens with zero attached hydrogens (tertiary/aromatic N) is 1. The number of carbonyl (C=O) groups excluding carboxylic acids is 4. The molecule has 1 fully saturated rings. The van der Waals surface area contributed by atoms with Crippen LogP contribution in [-0.2, 0) is 36.7 Å². The van der Waals surface area contributed by atoms with Crippen molar-refractivity contribution in [3.05, 3.63) is 54.1 Å². The van der Waals surface area contributed by atoms with Crippen LogP contribution in [0.4, 0.5) is 4.79 Å². The predicted octanol–water partition coefficient (Wildman–Crippen LogP) is 3.69. The molecule has 1 aliphatic rings. The highest BCUT2D eigenvalue weighted by Gasteiger charge is 2.32. The molecular weight excluding hydrogens is 622 g/mol. The molecule has 1 aromatic heterocycles. The fraction of sp³-hybridized carbons (Fsp3) is 0.618. The fourth-order valence-electron chi connectivity index (χ4n) is 5.57. The Labute approximate surface area is 281 Å². The number of thioether (sulfide) groups is 1. The number of hydrogen-bond donors (Lipinski definition) is 5. The number of hydrogen-bond acceptors (Lipinski definition) is 9. The molecule has 1 heterocycles. The summed E-state index contributed by atoms with van der Waals surface area (Å²) in [5.41, 5.74) is 0.665. The summed E-state index contributed by atoms with van der Waals surface area (Å²) >= 11 is 1.25. The maximum Gasteiger partial charge on any atom is 0.408 e. The lowest BCUT2D eigenvalue weighted by molar-refractivity contribution is -0.139. The minimum atomic E-state index is -1.05. The number of aliphatic hydroxyl groups excluding tert-OH is 1. The molecule has 13 heteroatoms. The van der Waals surface area contributed by atoms with E-state index in [0.29, 0.717) is 18.0 Å². The number of H-pyrrole nitrogens is 1. The van der Waals surface area contributed by atoms with E-state index < -0.39 is 47.7 Å². The van der Waals surface area contributed by atoms with Gasteiger partial charge in [-0.15, -0.1) is 11.8 Å². The number of ether oxygens (including phenoxy) is 2. The number of carbonyl (C=O) groups is 4. The van der Waals surface area contributed by atoms with Crippen molar-refractivity contribution in [1.29, 1.82) is 0 Å². The molecule has 0 bridgehead atoms. The van der Waals surface area contributed by atoms with Crippen LogP contribution < -0.4 is 16.0 Å². The number of aromatic amines is 1. The Morgan fingerprint density at radius 2 is 1.68 bits per heavy atom. The standard InChI is InChI=1S/C34H51N5O7S/c1-5-45-30(41)21-47-20-29(40)26(16-23-12-8-6-9-13-23)37-32(43)28(18-25-19-35-22-36-25)38-31(42)27(17-24-14-10-7-11-15-24)39-33(44)46-34(2,3)4/h7,10-11,14-15,19,22-23,26-29,40H,5-6,8-9,12-13,16-18,20-21H2,1-4H3,(H,35,36)(H,37,43)(H,38,42)(H,39,44)/t26-,27-,28-,29-/m0/s1. The number of nitrogens with one attached hydrogen (secondary N) is 4. The van der Waals surface area contributed by atoms with Gasteiger partial charge in [-0.25, -0.2) is 9.78 Å². The third kappa shape index (κ3) is 14.4. The molecule has 0 saturated heterocycles. The number of benzene rings is 1. The summed E-state index contributed by atoms with van der Waals surface area (Å²) in [6.07, 6.45) is 7.65. The number of amides is 3. The Bertz CT molecular complexity index is 1250. The summed E-state index contributed by atoms with van der Waals surface area (Å²) in [7, 11) is 0. The van der Waals surface area contributed by atoms with Crippen LogP contribution in [0.15, 0.2) is 42.9 Å². The van der Waals surface area contributed by atoms with E-state index >= 15 is 0 Å². The fourth-order valence-corrected chi connectivity index (χ4v) is 6.41. The van der Waals surface area contributed by atoms with E-state index in [1.807, 2.05) is 30.3 Å². The molecule has 1 aromatic carbocycles. The van der Waals surface area contributed by atoms with E-state index in [9.17, 15) is 24.3 Å².